The normalized spacial score (nSPS) is 9.75. The highest BCUT2D eigenvalue weighted by atomic mass is 16.1. The summed E-state index contributed by atoms with van der Waals surface area (Å²) in [5, 5.41) is 0. The molecule has 0 saturated carbocycles. The van der Waals surface area contributed by atoms with Crippen molar-refractivity contribution in [3.63, 3.8) is 0 Å². The van der Waals surface area contributed by atoms with Gasteiger partial charge < -0.3 is 4.79 Å². The Morgan fingerprint density at radius 3 is 3.00 bits per heavy atom. The van der Waals surface area contributed by atoms with E-state index in [2.05, 4.69) is 4.98 Å². The highest BCUT2D eigenvalue weighted by Gasteiger charge is 1.95. The van der Waals surface area contributed by atoms with Gasteiger partial charge in [-0.05, 0) is 13.0 Å². The summed E-state index contributed by atoms with van der Waals surface area (Å²) in [6.07, 6.45) is 2.78. The fourth-order valence-corrected chi connectivity index (χ4v) is 0.876. The molecule has 1 heterocycles. The lowest BCUT2D eigenvalue weighted by atomic mass is 10.4. The topological polar surface area (TPSA) is 52.0 Å². The highest BCUT2D eigenvalue weighted by molar-refractivity contribution is 5.48. The molecule has 0 spiro atoms. The first-order valence-electron chi connectivity index (χ1n) is 3.72. The lowest BCUT2D eigenvalue weighted by molar-refractivity contribution is -0.108. The van der Waals surface area contributed by atoms with Gasteiger partial charge in [0.1, 0.15) is 6.29 Å². The average molecular weight is 166 g/mol. The van der Waals surface area contributed by atoms with Crippen LogP contribution in [0.15, 0.2) is 17.1 Å². The molecule has 12 heavy (non-hydrogen) atoms. The van der Waals surface area contributed by atoms with Crippen molar-refractivity contribution in [2.75, 3.05) is 0 Å². The molecule has 64 valence electrons. The van der Waals surface area contributed by atoms with Crippen LogP contribution in [0.2, 0.25) is 0 Å². The summed E-state index contributed by atoms with van der Waals surface area (Å²) in [6.45, 7) is 2.17. The van der Waals surface area contributed by atoms with E-state index < -0.39 is 0 Å². The van der Waals surface area contributed by atoms with E-state index in [9.17, 15) is 9.59 Å². The van der Waals surface area contributed by atoms with E-state index in [1.165, 1.54) is 4.57 Å². The number of carbonyl (C=O) groups excluding carboxylic acids is 1. The molecule has 1 aromatic heterocycles. The van der Waals surface area contributed by atoms with Crippen LogP contribution in [0.25, 0.3) is 0 Å². The predicted molar refractivity (Wildman–Crippen MR) is 43.9 cm³/mol. The van der Waals surface area contributed by atoms with E-state index >= 15 is 0 Å². The molecule has 0 fully saturated rings. The number of hydrogen-bond acceptors (Lipinski definition) is 3. The summed E-state index contributed by atoms with van der Waals surface area (Å²) in [5.74, 6) is 0. The second-order valence-electron chi connectivity index (χ2n) is 2.50. The van der Waals surface area contributed by atoms with Gasteiger partial charge in [0, 0.05) is 24.9 Å². The number of aryl methyl sites for hydroxylation is 2. The summed E-state index contributed by atoms with van der Waals surface area (Å²) >= 11 is 0. The molecular weight excluding hydrogens is 156 g/mol. The molecular formula is C8H10N2O2. The number of rotatable bonds is 3. The van der Waals surface area contributed by atoms with Crippen molar-refractivity contribution in [2.45, 2.75) is 19.9 Å². The fraction of sp³-hybridized carbons (Fsp3) is 0.375. The zero-order chi connectivity index (χ0) is 8.97. The summed E-state index contributed by atoms with van der Waals surface area (Å²) in [4.78, 5) is 24.8. The zero-order valence-corrected chi connectivity index (χ0v) is 6.86. The Morgan fingerprint density at radius 1 is 1.67 bits per heavy atom. The maximum absolute atomic E-state index is 11.1. The molecule has 0 atom stereocenters. The number of aromatic nitrogens is 2. The molecule has 0 unspecified atom stereocenters. The van der Waals surface area contributed by atoms with Gasteiger partial charge in [0.15, 0.2) is 0 Å². The van der Waals surface area contributed by atoms with E-state index in [0.717, 1.165) is 6.29 Å². The molecule has 0 bridgehead atoms. The van der Waals surface area contributed by atoms with Gasteiger partial charge in [0.05, 0.1) is 0 Å². The Morgan fingerprint density at radius 2 is 2.42 bits per heavy atom. The van der Waals surface area contributed by atoms with Crippen molar-refractivity contribution in [2.24, 2.45) is 0 Å². The molecule has 4 nitrogen and oxygen atoms in total. The second kappa shape index (κ2) is 3.80. The monoisotopic (exact) mass is 166 g/mol. The number of aldehydes is 1. The van der Waals surface area contributed by atoms with Gasteiger partial charge in [-0.3, -0.25) is 4.57 Å². The van der Waals surface area contributed by atoms with Crippen LogP contribution in [0.5, 0.6) is 0 Å². The van der Waals surface area contributed by atoms with Crippen LogP contribution >= 0.6 is 0 Å². The molecule has 0 saturated heterocycles. The third kappa shape index (κ3) is 2.02. The van der Waals surface area contributed by atoms with Crippen LogP contribution in [0.4, 0.5) is 0 Å². The maximum atomic E-state index is 11.1. The van der Waals surface area contributed by atoms with Crippen LogP contribution in [-0.2, 0) is 11.3 Å². The zero-order valence-electron chi connectivity index (χ0n) is 6.86. The molecule has 0 aromatic carbocycles. The minimum atomic E-state index is -0.295. The number of hydrogen-bond donors (Lipinski definition) is 0. The third-order valence-electron chi connectivity index (χ3n) is 1.50. The van der Waals surface area contributed by atoms with Crippen LogP contribution in [0.1, 0.15) is 12.1 Å². The van der Waals surface area contributed by atoms with Gasteiger partial charge in [0.2, 0.25) is 0 Å². The van der Waals surface area contributed by atoms with E-state index in [1.807, 2.05) is 0 Å². The Hall–Kier alpha value is -1.45. The maximum Gasteiger partial charge on any atom is 0.347 e. The minimum absolute atomic E-state index is 0.295. The van der Waals surface area contributed by atoms with Crippen LogP contribution in [-0.4, -0.2) is 15.8 Å². The largest absolute Gasteiger partial charge is 0.347 e. The molecule has 0 amide bonds. The molecule has 1 aromatic rings. The quantitative estimate of drug-likeness (QED) is 0.600. The fourth-order valence-electron chi connectivity index (χ4n) is 0.876. The Balaban J connectivity index is 2.86. The summed E-state index contributed by atoms with van der Waals surface area (Å²) < 4.78 is 1.42. The molecule has 0 aliphatic heterocycles. The van der Waals surface area contributed by atoms with Crippen LogP contribution in [0.3, 0.4) is 0 Å². The van der Waals surface area contributed by atoms with Crippen molar-refractivity contribution in [3.05, 3.63) is 28.4 Å². The first kappa shape index (κ1) is 8.64. The van der Waals surface area contributed by atoms with Gasteiger partial charge >= 0.3 is 5.69 Å². The second-order valence-corrected chi connectivity index (χ2v) is 2.50. The first-order chi connectivity index (χ1) is 5.74. The molecule has 0 aliphatic rings. The lowest BCUT2D eigenvalue weighted by Crippen LogP contribution is -2.22. The summed E-state index contributed by atoms with van der Waals surface area (Å²) in [7, 11) is 0. The van der Waals surface area contributed by atoms with Gasteiger partial charge in [-0.1, -0.05) is 0 Å². The lowest BCUT2D eigenvalue weighted by Gasteiger charge is -2.00. The SMILES string of the molecule is Cc1ccn(CCC=O)c(=O)n1. The number of nitrogens with zero attached hydrogens (tertiary/aromatic N) is 2. The van der Waals surface area contributed by atoms with Crippen molar-refractivity contribution in [1.82, 2.24) is 9.55 Å². The van der Waals surface area contributed by atoms with E-state index in [-0.39, 0.29) is 5.69 Å². The van der Waals surface area contributed by atoms with E-state index in [4.69, 9.17) is 0 Å². The smallest absolute Gasteiger partial charge is 0.303 e. The molecule has 0 N–H and O–H groups in total. The first-order valence-corrected chi connectivity index (χ1v) is 3.72. The van der Waals surface area contributed by atoms with Gasteiger partial charge in [0.25, 0.3) is 0 Å². The molecule has 4 heteroatoms. The highest BCUT2D eigenvalue weighted by Crippen LogP contribution is 1.87. The summed E-state index contributed by atoms with van der Waals surface area (Å²) in [5.41, 5.74) is 0.402. The van der Waals surface area contributed by atoms with Gasteiger partial charge in [-0.2, -0.15) is 4.98 Å². The summed E-state index contributed by atoms with van der Waals surface area (Å²) in [6, 6.07) is 1.74. The van der Waals surface area contributed by atoms with Crippen molar-refractivity contribution in [3.8, 4) is 0 Å². The Labute approximate surface area is 69.9 Å². The molecule has 1 rings (SSSR count). The van der Waals surface area contributed by atoms with E-state index in [0.29, 0.717) is 18.7 Å². The van der Waals surface area contributed by atoms with Crippen LogP contribution in [0, 0.1) is 6.92 Å². The van der Waals surface area contributed by atoms with E-state index in [1.54, 1.807) is 19.2 Å². The van der Waals surface area contributed by atoms with Gasteiger partial charge in [-0.15, -0.1) is 0 Å². The number of carbonyl (C=O) groups is 1. The molecule has 0 radical (unpaired) electrons. The Kier molecular flexibility index (Phi) is 2.74. The Bertz CT molecular complexity index is 330. The van der Waals surface area contributed by atoms with Crippen LogP contribution < -0.4 is 5.69 Å². The predicted octanol–water partition coefficient (Wildman–Crippen LogP) is 0.141. The third-order valence-corrected chi connectivity index (χ3v) is 1.50. The van der Waals surface area contributed by atoms with Crippen molar-refractivity contribution in [1.29, 1.82) is 0 Å². The standard InChI is InChI=1S/C8H10N2O2/c1-7-3-5-10(4-2-6-11)8(12)9-7/h3,5-6H,2,4H2,1H3. The van der Waals surface area contributed by atoms with Crippen molar-refractivity contribution < 1.29 is 4.79 Å². The minimum Gasteiger partial charge on any atom is -0.303 e. The van der Waals surface area contributed by atoms with Crippen molar-refractivity contribution >= 4 is 6.29 Å². The van der Waals surface area contributed by atoms with Gasteiger partial charge in [-0.25, -0.2) is 4.79 Å². The average Bonchev–Trinajstić information content (AvgIpc) is 2.03. The molecule has 0 aliphatic carbocycles.